The highest BCUT2D eigenvalue weighted by Gasteiger charge is 1.99. The van der Waals surface area contributed by atoms with Crippen molar-refractivity contribution in [1.29, 1.82) is 0 Å². The van der Waals surface area contributed by atoms with Crippen molar-refractivity contribution in [3.05, 3.63) is 42.2 Å². The molecule has 2 heterocycles. The molecule has 0 amide bonds. The molecule has 2 aromatic heterocycles. The molecule has 5 nitrogen and oxygen atoms in total. The molecule has 0 aliphatic heterocycles. The first-order valence-corrected chi connectivity index (χ1v) is 5.04. The van der Waals surface area contributed by atoms with Crippen LogP contribution in [-0.2, 0) is 6.61 Å². The second kappa shape index (κ2) is 5.16. The van der Waals surface area contributed by atoms with Gasteiger partial charge in [-0.05, 0) is 12.1 Å². The Bertz CT molecular complexity index is 468. The smallest absolute Gasteiger partial charge is 0.213 e. The van der Waals surface area contributed by atoms with Crippen LogP contribution in [0.3, 0.4) is 0 Å². The van der Waals surface area contributed by atoms with Gasteiger partial charge in [0, 0.05) is 23.9 Å². The molecule has 0 fully saturated rings. The van der Waals surface area contributed by atoms with E-state index in [0.717, 1.165) is 5.56 Å². The Kier molecular flexibility index (Phi) is 3.40. The lowest BCUT2D eigenvalue weighted by Crippen LogP contribution is -1.98. The fraction of sp³-hybridized carbons (Fsp3) is 0.167. The molecule has 1 N–H and O–H groups in total. The number of ether oxygens (including phenoxy) is 2. The molecule has 17 heavy (non-hydrogen) atoms. The summed E-state index contributed by atoms with van der Waals surface area (Å²) in [7, 11) is 1.57. The highest BCUT2D eigenvalue weighted by atomic mass is 16.5. The summed E-state index contributed by atoms with van der Waals surface area (Å²) in [6.45, 7) is 0.370. The monoisotopic (exact) mass is 232 g/mol. The van der Waals surface area contributed by atoms with Crippen LogP contribution < -0.4 is 9.47 Å². The van der Waals surface area contributed by atoms with E-state index in [1.807, 2.05) is 6.07 Å². The molecule has 88 valence electrons. The first kappa shape index (κ1) is 11.2. The molecule has 5 heteroatoms. The summed E-state index contributed by atoms with van der Waals surface area (Å²) in [6.07, 6.45) is 3.01. The molecule has 0 aliphatic carbocycles. The molecule has 0 bridgehead atoms. The molecule has 0 aliphatic rings. The van der Waals surface area contributed by atoms with Crippen molar-refractivity contribution in [3.8, 4) is 17.5 Å². The van der Waals surface area contributed by atoms with Crippen LogP contribution in [0.2, 0.25) is 0 Å². The number of aromatic hydroxyl groups is 1. The molecule has 0 saturated heterocycles. The van der Waals surface area contributed by atoms with Crippen molar-refractivity contribution in [1.82, 2.24) is 9.97 Å². The number of methoxy groups -OCH3 is 1. The maximum atomic E-state index is 9.06. The summed E-state index contributed by atoms with van der Waals surface area (Å²) in [5.41, 5.74) is 0.917. The predicted molar refractivity (Wildman–Crippen MR) is 61.0 cm³/mol. The first-order chi connectivity index (χ1) is 8.28. The lowest BCUT2D eigenvalue weighted by Gasteiger charge is -2.05. The lowest BCUT2D eigenvalue weighted by molar-refractivity contribution is 0.292. The average Bonchev–Trinajstić information content (AvgIpc) is 2.39. The molecular formula is C12H12N2O3. The Hall–Kier alpha value is -2.30. The summed E-state index contributed by atoms with van der Waals surface area (Å²) >= 11 is 0. The number of rotatable bonds is 4. The van der Waals surface area contributed by atoms with Gasteiger partial charge in [-0.3, -0.25) is 0 Å². The van der Waals surface area contributed by atoms with Gasteiger partial charge in [-0.2, -0.15) is 0 Å². The Morgan fingerprint density at radius 2 is 1.82 bits per heavy atom. The van der Waals surface area contributed by atoms with Crippen LogP contribution >= 0.6 is 0 Å². The van der Waals surface area contributed by atoms with E-state index in [9.17, 15) is 0 Å². The Morgan fingerprint density at radius 1 is 1.06 bits per heavy atom. The van der Waals surface area contributed by atoms with E-state index in [4.69, 9.17) is 14.6 Å². The summed E-state index contributed by atoms with van der Waals surface area (Å²) in [6, 6.07) is 6.76. The summed E-state index contributed by atoms with van der Waals surface area (Å²) < 4.78 is 10.4. The van der Waals surface area contributed by atoms with E-state index in [1.54, 1.807) is 25.4 Å². The normalized spacial score (nSPS) is 9.94. The minimum Gasteiger partial charge on any atom is -0.506 e. The van der Waals surface area contributed by atoms with Gasteiger partial charge >= 0.3 is 0 Å². The van der Waals surface area contributed by atoms with Gasteiger partial charge in [0.15, 0.2) is 0 Å². The quantitative estimate of drug-likeness (QED) is 0.870. The van der Waals surface area contributed by atoms with E-state index < -0.39 is 0 Å². The van der Waals surface area contributed by atoms with Gasteiger partial charge in [0.1, 0.15) is 12.4 Å². The highest BCUT2D eigenvalue weighted by molar-refractivity contribution is 5.22. The SMILES string of the molecule is COc1ccc(COc2ccc(O)cn2)cn1. The van der Waals surface area contributed by atoms with E-state index >= 15 is 0 Å². The van der Waals surface area contributed by atoms with Crippen molar-refractivity contribution in [2.24, 2.45) is 0 Å². The maximum absolute atomic E-state index is 9.06. The zero-order valence-corrected chi connectivity index (χ0v) is 9.33. The zero-order valence-electron chi connectivity index (χ0n) is 9.33. The lowest BCUT2D eigenvalue weighted by atomic mass is 10.3. The van der Waals surface area contributed by atoms with Gasteiger partial charge in [-0.1, -0.05) is 0 Å². The van der Waals surface area contributed by atoms with Gasteiger partial charge in [0.05, 0.1) is 13.3 Å². The van der Waals surface area contributed by atoms with Crippen LogP contribution in [-0.4, -0.2) is 22.2 Å². The molecule has 0 atom stereocenters. The van der Waals surface area contributed by atoms with Crippen molar-refractivity contribution in [3.63, 3.8) is 0 Å². The Labute approximate surface area is 98.7 Å². The van der Waals surface area contributed by atoms with E-state index in [-0.39, 0.29) is 5.75 Å². The summed E-state index contributed by atoms with van der Waals surface area (Å²) in [5, 5.41) is 9.06. The third kappa shape index (κ3) is 3.07. The predicted octanol–water partition coefficient (Wildman–Crippen LogP) is 1.77. The summed E-state index contributed by atoms with van der Waals surface area (Å²) in [4.78, 5) is 7.97. The topological polar surface area (TPSA) is 64.5 Å². The largest absolute Gasteiger partial charge is 0.506 e. The molecule has 0 unspecified atom stereocenters. The molecule has 0 radical (unpaired) electrons. The molecule has 2 aromatic rings. The van der Waals surface area contributed by atoms with Crippen LogP contribution in [0.1, 0.15) is 5.56 Å². The van der Waals surface area contributed by atoms with Crippen molar-refractivity contribution in [2.75, 3.05) is 7.11 Å². The van der Waals surface area contributed by atoms with E-state index in [1.165, 1.54) is 12.3 Å². The average molecular weight is 232 g/mol. The molecule has 2 rings (SSSR count). The standard InChI is InChI=1S/C12H12N2O3/c1-16-11-4-2-9(6-13-11)8-17-12-5-3-10(15)7-14-12/h2-7,15H,8H2,1H3. The van der Waals surface area contributed by atoms with E-state index in [2.05, 4.69) is 9.97 Å². The third-order valence-corrected chi connectivity index (χ3v) is 2.11. The van der Waals surface area contributed by atoms with Gasteiger partial charge in [-0.25, -0.2) is 9.97 Å². The second-order valence-electron chi connectivity index (χ2n) is 3.35. The molecular weight excluding hydrogens is 220 g/mol. The Morgan fingerprint density at radius 3 is 2.41 bits per heavy atom. The molecule has 0 spiro atoms. The second-order valence-corrected chi connectivity index (χ2v) is 3.35. The number of hydrogen-bond donors (Lipinski definition) is 1. The van der Waals surface area contributed by atoms with Gasteiger partial charge in [0.25, 0.3) is 0 Å². The fourth-order valence-corrected chi connectivity index (χ4v) is 1.23. The number of hydrogen-bond acceptors (Lipinski definition) is 5. The Balaban J connectivity index is 1.95. The van der Waals surface area contributed by atoms with Crippen molar-refractivity contribution in [2.45, 2.75) is 6.61 Å². The van der Waals surface area contributed by atoms with Crippen LogP contribution in [0, 0.1) is 0 Å². The highest BCUT2D eigenvalue weighted by Crippen LogP contribution is 2.14. The number of nitrogens with zero attached hydrogens (tertiary/aromatic N) is 2. The van der Waals surface area contributed by atoms with Crippen molar-refractivity contribution < 1.29 is 14.6 Å². The maximum Gasteiger partial charge on any atom is 0.213 e. The van der Waals surface area contributed by atoms with Crippen LogP contribution in [0.5, 0.6) is 17.5 Å². The molecule has 0 saturated carbocycles. The van der Waals surface area contributed by atoms with Crippen LogP contribution in [0.25, 0.3) is 0 Å². The summed E-state index contributed by atoms with van der Waals surface area (Å²) in [5.74, 6) is 1.14. The first-order valence-electron chi connectivity index (χ1n) is 5.04. The zero-order chi connectivity index (χ0) is 12.1. The minimum atomic E-state index is 0.114. The third-order valence-electron chi connectivity index (χ3n) is 2.11. The van der Waals surface area contributed by atoms with E-state index in [0.29, 0.717) is 18.4 Å². The van der Waals surface area contributed by atoms with Crippen molar-refractivity contribution >= 4 is 0 Å². The van der Waals surface area contributed by atoms with Gasteiger partial charge in [-0.15, -0.1) is 0 Å². The van der Waals surface area contributed by atoms with Crippen LogP contribution in [0.15, 0.2) is 36.7 Å². The fourth-order valence-electron chi connectivity index (χ4n) is 1.23. The molecule has 0 aromatic carbocycles. The van der Waals surface area contributed by atoms with Gasteiger partial charge < -0.3 is 14.6 Å². The minimum absolute atomic E-state index is 0.114. The van der Waals surface area contributed by atoms with Gasteiger partial charge in [0.2, 0.25) is 11.8 Å². The number of pyridine rings is 2. The number of aromatic nitrogens is 2. The van der Waals surface area contributed by atoms with Crippen LogP contribution in [0.4, 0.5) is 0 Å².